The highest BCUT2D eigenvalue weighted by atomic mass is 16.7. The average molecular weight is 401 g/mol. The zero-order chi connectivity index (χ0) is 20.3. The predicted octanol–water partition coefficient (Wildman–Crippen LogP) is 6.21. The van der Waals surface area contributed by atoms with Crippen molar-refractivity contribution >= 4 is 5.78 Å². The fourth-order valence-corrected chi connectivity index (χ4v) is 8.42. The molecule has 0 saturated heterocycles. The first kappa shape index (κ1) is 20.2. The summed E-state index contributed by atoms with van der Waals surface area (Å²) in [7, 11) is 1.86. The largest absolute Gasteiger partial charge is 0.353 e. The van der Waals surface area contributed by atoms with Crippen LogP contribution >= 0.6 is 0 Å². The van der Waals surface area contributed by atoms with Gasteiger partial charge in [-0.25, -0.2) is 0 Å². The molecule has 29 heavy (non-hydrogen) atoms. The molecule has 5 aliphatic rings. The molecular formula is C26H40O3. The lowest BCUT2D eigenvalue weighted by Crippen LogP contribution is -2.53. The molecule has 162 valence electrons. The third-order valence-electron chi connectivity index (χ3n) is 10.2. The fraction of sp³-hybridized carbons (Fsp3) is 0.885. The van der Waals surface area contributed by atoms with Gasteiger partial charge in [-0.1, -0.05) is 25.8 Å². The number of methoxy groups -OCH3 is 1. The highest BCUT2D eigenvalue weighted by Crippen LogP contribution is 2.66. The van der Waals surface area contributed by atoms with Crippen LogP contribution in [-0.2, 0) is 14.3 Å². The molecule has 4 fully saturated rings. The summed E-state index contributed by atoms with van der Waals surface area (Å²) < 4.78 is 12.9. The fourth-order valence-electron chi connectivity index (χ4n) is 8.42. The zero-order valence-corrected chi connectivity index (χ0v) is 18.8. The van der Waals surface area contributed by atoms with E-state index in [0.717, 1.165) is 49.9 Å². The number of carbonyl (C=O) groups excluding carboxylic acids is 1. The van der Waals surface area contributed by atoms with E-state index in [-0.39, 0.29) is 11.2 Å². The summed E-state index contributed by atoms with van der Waals surface area (Å²) in [5.41, 5.74) is 2.05. The Morgan fingerprint density at radius 1 is 0.897 bits per heavy atom. The summed E-state index contributed by atoms with van der Waals surface area (Å²) in [5, 5.41) is 0. The normalized spacial score (nSPS) is 46.4. The molecule has 3 heteroatoms. The summed E-state index contributed by atoms with van der Waals surface area (Å²) in [6.07, 6.45) is 17.6. The minimum Gasteiger partial charge on any atom is -0.353 e. The van der Waals surface area contributed by atoms with E-state index >= 15 is 0 Å². The van der Waals surface area contributed by atoms with Crippen LogP contribution < -0.4 is 0 Å². The van der Waals surface area contributed by atoms with Crippen molar-refractivity contribution in [3.8, 4) is 0 Å². The van der Waals surface area contributed by atoms with Gasteiger partial charge in [0.2, 0.25) is 0 Å². The minimum absolute atomic E-state index is 0.272. The third kappa shape index (κ3) is 3.09. The quantitative estimate of drug-likeness (QED) is 0.528. The van der Waals surface area contributed by atoms with Gasteiger partial charge in [0, 0.05) is 26.4 Å². The lowest BCUT2D eigenvalue weighted by molar-refractivity contribution is -0.279. The smallest absolute Gasteiger partial charge is 0.168 e. The van der Waals surface area contributed by atoms with Crippen LogP contribution in [0.25, 0.3) is 0 Å². The van der Waals surface area contributed by atoms with Gasteiger partial charge in [-0.3, -0.25) is 4.79 Å². The molecule has 0 heterocycles. The van der Waals surface area contributed by atoms with Crippen molar-refractivity contribution < 1.29 is 14.3 Å². The van der Waals surface area contributed by atoms with Crippen molar-refractivity contribution in [2.24, 2.45) is 28.6 Å². The molecule has 6 atom stereocenters. The lowest BCUT2D eigenvalue weighted by atomic mass is 9.47. The summed E-state index contributed by atoms with van der Waals surface area (Å²) in [6, 6.07) is 0. The van der Waals surface area contributed by atoms with Gasteiger partial charge < -0.3 is 9.47 Å². The predicted molar refractivity (Wildman–Crippen MR) is 114 cm³/mol. The van der Waals surface area contributed by atoms with Crippen LogP contribution in [0.2, 0.25) is 0 Å². The molecule has 3 nitrogen and oxygen atoms in total. The van der Waals surface area contributed by atoms with Crippen LogP contribution in [0.1, 0.15) is 97.3 Å². The van der Waals surface area contributed by atoms with Crippen molar-refractivity contribution in [1.29, 1.82) is 0 Å². The van der Waals surface area contributed by atoms with Crippen LogP contribution in [0.4, 0.5) is 0 Å². The molecule has 0 radical (unpaired) electrons. The van der Waals surface area contributed by atoms with Crippen molar-refractivity contribution in [3.05, 3.63) is 11.6 Å². The summed E-state index contributed by atoms with van der Waals surface area (Å²) in [6.45, 7) is 5.02. The second kappa shape index (κ2) is 7.19. The monoisotopic (exact) mass is 400 g/mol. The first-order valence-corrected chi connectivity index (χ1v) is 12.4. The second-order valence-corrected chi connectivity index (χ2v) is 11.4. The van der Waals surface area contributed by atoms with Crippen LogP contribution in [-0.4, -0.2) is 24.8 Å². The van der Waals surface area contributed by atoms with Crippen molar-refractivity contribution in [2.45, 2.75) is 109 Å². The minimum atomic E-state index is -0.324. The van der Waals surface area contributed by atoms with Crippen LogP contribution in [0.5, 0.6) is 0 Å². The molecule has 6 unspecified atom stereocenters. The standard InChI is InChI=1S/C26H40O3/c1-24-15-11-19(27)17-18(24)7-8-20-21-9-10-23(25(21,2)16-12-22(20)24)29-26(28-3)13-5-4-6-14-26/h17,20-23H,4-16H2,1-3H3. The van der Waals surface area contributed by atoms with Crippen LogP contribution in [0.15, 0.2) is 11.6 Å². The molecule has 5 rings (SSSR count). The number of fused-ring (bicyclic) bond motifs is 5. The van der Waals surface area contributed by atoms with E-state index in [0.29, 0.717) is 17.3 Å². The first-order valence-electron chi connectivity index (χ1n) is 12.4. The molecule has 0 aromatic heterocycles. The molecule has 0 amide bonds. The highest BCUT2D eigenvalue weighted by Gasteiger charge is 2.60. The molecule has 0 spiro atoms. The van der Waals surface area contributed by atoms with Crippen molar-refractivity contribution in [3.63, 3.8) is 0 Å². The summed E-state index contributed by atoms with van der Waals surface area (Å²) in [5.74, 6) is 2.39. The van der Waals surface area contributed by atoms with Crippen molar-refractivity contribution in [1.82, 2.24) is 0 Å². The second-order valence-electron chi connectivity index (χ2n) is 11.4. The number of rotatable bonds is 3. The Hall–Kier alpha value is -0.670. The molecular weight excluding hydrogens is 360 g/mol. The van der Waals surface area contributed by atoms with Gasteiger partial charge in [0.1, 0.15) is 0 Å². The number of ketones is 1. The number of hydrogen-bond acceptors (Lipinski definition) is 3. The molecule has 0 aliphatic heterocycles. The number of ether oxygens (including phenoxy) is 2. The maximum atomic E-state index is 12.0. The van der Waals surface area contributed by atoms with E-state index in [1.54, 1.807) is 0 Å². The van der Waals surface area contributed by atoms with Gasteiger partial charge in [0.15, 0.2) is 11.6 Å². The summed E-state index contributed by atoms with van der Waals surface area (Å²) in [4.78, 5) is 12.0. The van der Waals surface area contributed by atoms with Gasteiger partial charge in [-0.15, -0.1) is 0 Å². The van der Waals surface area contributed by atoms with Gasteiger partial charge >= 0.3 is 0 Å². The number of carbonyl (C=O) groups is 1. The Labute approximate surface area is 177 Å². The Morgan fingerprint density at radius 3 is 2.45 bits per heavy atom. The van der Waals surface area contributed by atoms with Gasteiger partial charge in [0.25, 0.3) is 0 Å². The number of allylic oxidation sites excluding steroid dienone is 1. The van der Waals surface area contributed by atoms with E-state index in [1.807, 2.05) is 13.2 Å². The van der Waals surface area contributed by atoms with E-state index in [4.69, 9.17) is 9.47 Å². The topological polar surface area (TPSA) is 35.5 Å². The van der Waals surface area contributed by atoms with E-state index in [1.165, 1.54) is 56.9 Å². The van der Waals surface area contributed by atoms with Crippen molar-refractivity contribution in [2.75, 3.05) is 7.11 Å². The van der Waals surface area contributed by atoms with E-state index in [9.17, 15) is 4.79 Å². The molecule has 0 aromatic rings. The van der Waals surface area contributed by atoms with Gasteiger partial charge in [0.05, 0.1) is 6.10 Å². The number of hydrogen-bond donors (Lipinski definition) is 0. The molecule has 5 aliphatic carbocycles. The van der Waals surface area contributed by atoms with Gasteiger partial charge in [-0.2, -0.15) is 0 Å². The maximum absolute atomic E-state index is 12.0. The average Bonchev–Trinajstić information content (AvgIpc) is 3.05. The summed E-state index contributed by atoms with van der Waals surface area (Å²) >= 11 is 0. The Kier molecular flexibility index (Phi) is 5.02. The van der Waals surface area contributed by atoms with Crippen LogP contribution in [0, 0.1) is 28.6 Å². The lowest BCUT2D eigenvalue weighted by Gasteiger charge is -2.58. The Bertz CT molecular complexity index is 690. The first-order chi connectivity index (χ1) is 13.9. The van der Waals surface area contributed by atoms with E-state index < -0.39 is 0 Å². The zero-order valence-electron chi connectivity index (χ0n) is 18.8. The Balaban J connectivity index is 1.37. The van der Waals surface area contributed by atoms with Gasteiger partial charge in [-0.05, 0) is 92.4 Å². The highest BCUT2D eigenvalue weighted by molar-refractivity contribution is 5.91. The van der Waals surface area contributed by atoms with Crippen LogP contribution in [0.3, 0.4) is 0 Å². The van der Waals surface area contributed by atoms with E-state index in [2.05, 4.69) is 13.8 Å². The molecule has 0 aromatic carbocycles. The molecule has 0 bridgehead atoms. The molecule has 0 N–H and O–H groups in total. The Morgan fingerprint density at radius 2 is 1.69 bits per heavy atom. The SMILES string of the molecule is COC1(OC2CCC3C4CCC5=CC(=O)CCC5(C)C4CCC23C)CCCCC1. The maximum Gasteiger partial charge on any atom is 0.168 e. The third-order valence-corrected chi connectivity index (χ3v) is 10.2. The molecule has 4 saturated carbocycles.